The highest BCUT2D eigenvalue weighted by molar-refractivity contribution is 5.95. The third-order valence-electron chi connectivity index (χ3n) is 5.13. The average Bonchev–Trinajstić information content (AvgIpc) is 3.18. The van der Waals surface area contributed by atoms with Crippen LogP contribution in [0.4, 0.5) is 13.2 Å². The number of hydrogen-bond acceptors (Lipinski definition) is 5. The van der Waals surface area contributed by atoms with Crippen LogP contribution in [0.15, 0.2) is 18.3 Å². The molecule has 0 radical (unpaired) electrons. The standard InChI is InChI=1S/C19H24F3N5O2/c1-29-16-10-9-15(25-26-16)27-17(19(20,21)22)14(12-24-27)18(28)23-11-5-8-13-6-3-2-4-7-13/h9-10,12-13H,2-8,11H2,1H3,(H,23,28). The zero-order chi connectivity index (χ0) is 20.9. The number of halogens is 3. The SMILES string of the molecule is COc1ccc(-n2ncc(C(=O)NCCCC3CCCCC3)c2C(F)(F)F)nn1. The number of hydrogen-bond donors (Lipinski definition) is 1. The molecular formula is C19H24F3N5O2. The molecule has 0 aliphatic heterocycles. The highest BCUT2D eigenvalue weighted by Crippen LogP contribution is 2.33. The van der Waals surface area contributed by atoms with E-state index in [4.69, 9.17) is 4.74 Å². The van der Waals surface area contributed by atoms with Crippen LogP contribution in [0, 0.1) is 5.92 Å². The van der Waals surface area contributed by atoms with Crippen molar-refractivity contribution in [1.82, 2.24) is 25.3 Å². The van der Waals surface area contributed by atoms with E-state index in [2.05, 4.69) is 20.6 Å². The molecule has 0 spiro atoms. The Labute approximate surface area is 166 Å². The van der Waals surface area contributed by atoms with Gasteiger partial charge in [-0.1, -0.05) is 32.1 Å². The van der Waals surface area contributed by atoms with Crippen LogP contribution in [0.2, 0.25) is 0 Å². The summed E-state index contributed by atoms with van der Waals surface area (Å²) in [5, 5.41) is 13.7. The number of ether oxygens (including phenoxy) is 1. The molecule has 0 saturated heterocycles. The number of nitrogens with zero attached hydrogens (tertiary/aromatic N) is 4. The molecule has 2 heterocycles. The first kappa shape index (κ1) is 21.1. The minimum Gasteiger partial charge on any atom is -0.480 e. The van der Waals surface area contributed by atoms with Crippen LogP contribution in [0.25, 0.3) is 5.82 Å². The van der Waals surface area contributed by atoms with Gasteiger partial charge in [-0.25, -0.2) is 4.68 Å². The maximum absolute atomic E-state index is 13.7. The van der Waals surface area contributed by atoms with Crippen molar-refractivity contribution >= 4 is 5.91 Å². The third-order valence-corrected chi connectivity index (χ3v) is 5.13. The van der Waals surface area contributed by atoms with Crippen LogP contribution in [0.3, 0.4) is 0 Å². The summed E-state index contributed by atoms with van der Waals surface area (Å²) < 4.78 is 46.4. The van der Waals surface area contributed by atoms with E-state index in [0.717, 1.165) is 19.0 Å². The highest BCUT2D eigenvalue weighted by Gasteiger charge is 2.41. The van der Waals surface area contributed by atoms with Crippen molar-refractivity contribution in [3.05, 3.63) is 29.6 Å². The number of carbonyl (C=O) groups excluding carboxylic acids is 1. The number of rotatable bonds is 7. The van der Waals surface area contributed by atoms with Gasteiger partial charge in [0.15, 0.2) is 11.5 Å². The Bertz CT molecular complexity index is 814. The Morgan fingerprint density at radius 2 is 2.00 bits per heavy atom. The summed E-state index contributed by atoms with van der Waals surface area (Å²) in [4.78, 5) is 12.4. The number of carbonyl (C=O) groups is 1. The van der Waals surface area contributed by atoms with Gasteiger partial charge >= 0.3 is 6.18 Å². The zero-order valence-electron chi connectivity index (χ0n) is 16.2. The molecule has 1 aliphatic carbocycles. The number of nitrogens with one attached hydrogen (secondary N) is 1. The molecule has 2 aromatic rings. The highest BCUT2D eigenvalue weighted by atomic mass is 19.4. The van der Waals surface area contributed by atoms with Gasteiger partial charge in [-0.05, 0) is 24.8 Å². The Morgan fingerprint density at radius 3 is 2.62 bits per heavy atom. The summed E-state index contributed by atoms with van der Waals surface area (Å²) in [6.07, 6.45) is 3.99. The lowest BCUT2D eigenvalue weighted by Crippen LogP contribution is -2.28. The van der Waals surface area contributed by atoms with E-state index in [9.17, 15) is 18.0 Å². The Balaban J connectivity index is 1.69. The smallest absolute Gasteiger partial charge is 0.434 e. The molecule has 29 heavy (non-hydrogen) atoms. The Kier molecular flexibility index (Phi) is 6.71. The second kappa shape index (κ2) is 9.23. The molecule has 0 bridgehead atoms. The van der Waals surface area contributed by atoms with E-state index in [1.165, 1.54) is 51.3 Å². The predicted octanol–water partition coefficient (Wildman–Crippen LogP) is 3.78. The van der Waals surface area contributed by atoms with E-state index in [1.54, 1.807) is 0 Å². The first-order chi connectivity index (χ1) is 13.9. The van der Waals surface area contributed by atoms with Gasteiger partial charge < -0.3 is 10.1 Å². The van der Waals surface area contributed by atoms with Gasteiger partial charge in [0.25, 0.3) is 5.91 Å². The zero-order valence-corrected chi connectivity index (χ0v) is 16.2. The summed E-state index contributed by atoms with van der Waals surface area (Å²) >= 11 is 0. The molecular weight excluding hydrogens is 387 g/mol. The van der Waals surface area contributed by atoms with Crippen molar-refractivity contribution in [2.45, 2.75) is 51.1 Å². The molecule has 2 aromatic heterocycles. The minimum atomic E-state index is -4.78. The Morgan fingerprint density at radius 1 is 1.24 bits per heavy atom. The fraction of sp³-hybridized carbons (Fsp3) is 0.579. The first-order valence-corrected chi connectivity index (χ1v) is 9.71. The molecule has 7 nitrogen and oxygen atoms in total. The number of methoxy groups -OCH3 is 1. The molecule has 158 valence electrons. The Hall–Kier alpha value is -2.65. The summed E-state index contributed by atoms with van der Waals surface area (Å²) in [5.74, 6) is -0.142. The number of amides is 1. The van der Waals surface area contributed by atoms with Crippen LogP contribution in [0.1, 0.15) is 61.0 Å². The van der Waals surface area contributed by atoms with Crippen molar-refractivity contribution < 1.29 is 22.7 Å². The van der Waals surface area contributed by atoms with Gasteiger partial charge in [-0.15, -0.1) is 10.2 Å². The molecule has 1 saturated carbocycles. The molecule has 0 aromatic carbocycles. The van der Waals surface area contributed by atoms with Crippen molar-refractivity contribution in [2.24, 2.45) is 5.92 Å². The van der Waals surface area contributed by atoms with Crippen LogP contribution in [0.5, 0.6) is 5.88 Å². The monoisotopic (exact) mass is 411 g/mol. The van der Waals surface area contributed by atoms with Crippen LogP contribution >= 0.6 is 0 Å². The van der Waals surface area contributed by atoms with Crippen molar-refractivity contribution in [3.8, 4) is 11.7 Å². The van der Waals surface area contributed by atoms with Gasteiger partial charge in [-0.2, -0.15) is 18.3 Å². The van der Waals surface area contributed by atoms with Gasteiger partial charge in [0, 0.05) is 12.6 Å². The lowest BCUT2D eigenvalue weighted by molar-refractivity contribution is -0.143. The molecule has 1 aliphatic rings. The molecule has 1 amide bonds. The molecule has 10 heteroatoms. The van der Waals surface area contributed by atoms with Crippen molar-refractivity contribution in [3.63, 3.8) is 0 Å². The fourth-order valence-electron chi connectivity index (χ4n) is 3.66. The first-order valence-electron chi connectivity index (χ1n) is 9.71. The summed E-state index contributed by atoms with van der Waals surface area (Å²) in [7, 11) is 1.37. The van der Waals surface area contributed by atoms with Crippen molar-refractivity contribution in [2.75, 3.05) is 13.7 Å². The lowest BCUT2D eigenvalue weighted by atomic mass is 9.86. The quantitative estimate of drug-likeness (QED) is 0.702. The van der Waals surface area contributed by atoms with Gasteiger partial charge in [0.05, 0.1) is 18.9 Å². The number of alkyl halides is 3. The lowest BCUT2D eigenvalue weighted by Gasteiger charge is -2.21. The van der Waals surface area contributed by atoms with E-state index >= 15 is 0 Å². The normalized spacial score (nSPS) is 15.3. The molecule has 0 unspecified atom stereocenters. The average molecular weight is 411 g/mol. The predicted molar refractivity (Wildman–Crippen MR) is 98.9 cm³/mol. The maximum Gasteiger partial charge on any atom is 0.434 e. The minimum absolute atomic E-state index is 0.158. The van der Waals surface area contributed by atoms with Crippen molar-refractivity contribution in [1.29, 1.82) is 0 Å². The molecule has 1 fully saturated rings. The number of aromatic nitrogens is 4. The largest absolute Gasteiger partial charge is 0.480 e. The third kappa shape index (κ3) is 5.24. The van der Waals surface area contributed by atoms with Gasteiger partial charge in [0.1, 0.15) is 0 Å². The van der Waals surface area contributed by atoms with E-state index in [-0.39, 0.29) is 11.7 Å². The van der Waals surface area contributed by atoms with Crippen LogP contribution in [-0.4, -0.2) is 39.5 Å². The maximum atomic E-state index is 13.7. The summed E-state index contributed by atoms with van der Waals surface area (Å²) in [6, 6.07) is 2.66. The van der Waals surface area contributed by atoms with Gasteiger partial charge in [0.2, 0.25) is 5.88 Å². The second-order valence-electron chi connectivity index (χ2n) is 7.15. The molecule has 0 atom stereocenters. The van der Waals surface area contributed by atoms with E-state index in [0.29, 0.717) is 17.1 Å². The van der Waals surface area contributed by atoms with E-state index in [1.807, 2.05) is 0 Å². The van der Waals surface area contributed by atoms with Crippen LogP contribution in [-0.2, 0) is 6.18 Å². The molecule has 1 N–H and O–H groups in total. The topological polar surface area (TPSA) is 81.9 Å². The van der Waals surface area contributed by atoms with E-state index < -0.39 is 23.3 Å². The second-order valence-corrected chi connectivity index (χ2v) is 7.15. The summed E-state index contributed by atoms with van der Waals surface area (Å²) in [6.45, 7) is 0.333. The summed E-state index contributed by atoms with van der Waals surface area (Å²) in [5.41, 5.74) is -1.71. The van der Waals surface area contributed by atoms with Crippen LogP contribution < -0.4 is 10.1 Å². The fourth-order valence-corrected chi connectivity index (χ4v) is 3.66. The van der Waals surface area contributed by atoms with Gasteiger partial charge in [-0.3, -0.25) is 4.79 Å². The molecule has 3 rings (SSSR count).